The van der Waals surface area contributed by atoms with Gasteiger partial charge in [0.05, 0.1) is 12.2 Å². The van der Waals surface area contributed by atoms with Gasteiger partial charge in [0.15, 0.2) is 0 Å². The molecular formula is C16H21NO. The summed E-state index contributed by atoms with van der Waals surface area (Å²) in [5.41, 5.74) is 8.06. The van der Waals surface area contributed by atoms with E-state index >= 15 is 0 Å². The Morgan fingerprint density at radius 3 is 2.72 bits per heavy atom. The maximum atomic E-state index is 6.56. The summed E-state index contributed by atoms with van der Waals surface area (Å²) in [4.78, 5) is 0. The molecule has 1 aromatic carbocycles. The van der Waals surface area contributed by atoms with Crippen LogP contribution in [0.5, 0.6) is 0 Å². The lowest BCUT2D eigenvalue weighted by atomic mass is 9.77. The number of benzene rings is 1. The topological polar surface area (TPSA) is 35.2 Å². The first-order valence-electron chi connectivity index (χ1n) is 7.14. The summed E-state index contributed by atoms with van der Waals surface area (Å²) >= 11 is 0. The lowest BCUT2D eigenvalue weighted by molar-refractivity contribution is -0.0903. The lowest BCUT2D eigenvalue weighted by Gasteiger charge is -2.39. The highest BCUT2D eigenvalue weighted by Crippen LogP contribution is 2.62. The summed E-state index contributed by atoms with van der Waals surface area (Å²) in [7, 11) is 0. The zero-order valence-corrected chi connectivity index (χ0v) is 10.8. The van der Waals surface area contributed by atoms with Gasteiger partial charge in [-0.1, -0.05) is 30.3 Å². The fourth-order valence-corrected chi connectivity index (χ4v) is 4.87. The van der Waals surface area contributed by atoms with Crippen LogP contribution in [0.3, 0.4) is 0 Å². The maximum absolute atomic E-state index is 6.56. The Morgan fingerprint density at radius 2 is 2.00 bits per heavy atom. The van der Waals surface area contributed by atoms with E-state index < -0.39 is 0 Å². The first kappa shape index (κ1) is 11.0. The van der Waals surface area contributed by atoms with E-state index in [0.717, 1.165) is 24.9 Å². The summed E-state index contributed by atoms with van der Waals surface area (Å²) < 4.78 is 6.33. The highest BCUT2D eigenvalue weighted by Gasteiger charge is 2.63. The van der Waals surface area contributed by atoms with E-state index in [-0.39, 0.29) is 11.1 Å². The van der Waals surface area contributed by atoms with Crippen LogP contribution >= 0.6 is 0 Å². The molecule has 4 atom stereocenters. The van der Waals surface area contributed by atoms with Crippen molar-refractivity contribution >= 4 is 0 Å². The van der Waals surface area contributed by atoms with E-state index in [0.29, 0.717) is 0 Å². The number of hydrogen-bond donors (Lipinski definition) is 1. The van der Waals surface area contributed by atoms with E-state index in [1.54, 1.807) is 0 Å². The van der Waals surface area contributed by atoms with Crippen molar-refractivity contribution in [2.45, 2.75) is 49.9 Å². The predicted octanol–water partition coefficient (Wildman–Crippen LogP) is 2.86. The van der Waals surface area contributed by atoms with E-state index in [4.69, 9.17) is 10.5 Å². The van der Waals surface area contributed by atoms with Crippen LogP contribution in [0.25, 0.3) is 0 Å². The van der Waals surface area contributed by atoms with Crippen LogP contribution in [0.4, 0.5) is 0 Å². The number of hydrogen-bond acceptors (Lipinski definition) is 2. The third kappa shape index (κ3) is 1.55. The largest absolute Gasteiger partial charge is 0.370 e. The molecular weight excluding hydrogens is 222 g/mol. The summed E-state index contributed by atoms with van der Waals surface area (Å²) in [5, 5.41) is 0. The van der Waals surface area contributed by atoms with Gasteiger partial charge in [-0.2, -0.15) is 0 Å². The molecule has 0 aliphatic heterocycles. The van der Waals surface area contributed by atoms with Crippen molar-refractivity contribution in [3.05, 3.63) is 35.9 Å². The van der Waals surface area contributed by atoms with Crippen molar-refractivity contribution in [1.29, 1.82) is 0 Å². The molecule has 2 nitrogen and oxygen atoms in total. The van der Waals surface area contributed by atoms with Crippen molar-refractivity contribution in [2.24, 2.45) is 17.6 Å². The highest BCUT2D eigenvalue weighted by atomic mass is 16.5. The smallest absolute Gasteiger partial charge is 0.0724 e. The maximum Gasteiger partial charge on any atom is 0.0724 e. The molecule has 5 rings (SSSR count). The predicted molar refractivity (Wildman–Crippen MR) is 70.9 cm³/mol. The average molecular weight is 243 g/mol. The molecule has 2 heteroatoms. The minimum Gasteiger partial charge on any atom is -0.370 e. The second-order valence-electron chi connectivity index (χ2n) is 6.78. The molecule has 2 N–H and O–H groups in total. The Morgan fingerprint density at radius 1 is 1.17 bits per heavy atom. The van der Waals surface area contributed by atoms with Crippen molar-refractivity contribution in [3.63, 3.8) is 0 Å². The van der Waals surface area contributed by atoms with Crippen molar-refractivity contribution in [1.82, 2.24) is 0 Å². The van der Waals surface area contributed by atoms with Gasteiger partial charge >= 0.3 is 0 Å². The normalized spacial score (nSPS) is 44.7. The van der Waals surface area contributed by atoms with Crippen LogP contribution in [0.2, 0.25) is 0 Å². The Bertz CT molecular complexity index is 459. The Balaban J connectivity index is 1.50. The van der Waals surface area contributed by atoms with Gasteiger partial charge in [0.2, 0.25) is 0 Å². The zero-order valence-electron chi connectivity index (χ0n) is 10.8. The number of rotatable bonds is 3. The van der Waals surface area contributed by atoms with Gasteiger partial charge in [0, 0.05) is 5.54 Å². The van der Waals surface area contributed by atoms with Crippen LogP contribution < -0.4 is 5.73 Å². The van der Waals surface area contributed by atoms with E-state index in [9.17, 15) is 0 Å². The zero-order chi connectivity index (χ0) is 12.2. The summed E-state index contributed by atoms with van der Waals surface area (Å²) in [6.07, 6.45) is 6.14. The van der Waals surface area contributed by atoms with Gasteiger partial charge in [-0.15, -0.1) is 0 Å². The molecule has 1 aromatic rings. The van der Waals surface area contributed by atoms with Crippen molar-refractivity contribution < 1.29 is 4.74 Å². The second-order valence-corrected chi connectivity index (χ2v) is 6.78. The molecule has 0 amide bonds. The number of nitrogens with two attached hydrogens (primary N) is 1. The molecule has 4 unspecified atom stereocenters. The SMILES string of the molecule is NC12CC3CC1CC(OCc1ccccc1)(C3)C2. The molecule has 0 radical (unpaired) electrons. The highest BCUT2D eigenvalue weighted by molar-refractivity contribution is 5.19. The molecule has 0 heterocycles. The molecule has 4 aliphatic carbocycles. The van der Waals surface area contributed by atoms with Crippen LogP contribution in [0.15, 0.2) is 30.3 Å². The third-order valence-corrected chi connectivity index (χ3v) is 5.42. The Labute approximate surface area is 109 Å². The molecule has 0 aromatic heterocycles. The fraction of sp³-hybridized carbons (Fsp3) is 0.625. The van der Waals surface area contributed by atoms with E-state index in [1.807, 2.05) is 0 Å². The fourth-order valence-electron chi connectivity index (χ4n) is 4.87. The van der Waals surface area contributed by atoms with Gasteiger partial charge in [-0.05, 0) is 49.5 Å². The lowest BCUT2D eigenvalue weighted by Crippen LogP contribution is -2.45. The Kier molecular flexibility index (Phi) is 2.19. The monoisotopic (exact) mass is 243 g/mol. The van der Waals surface area contributed by atoms with Gasteiger partial charge in [0.1, 0.15) is 0 Å². The number of ether oxygens (including phenoxy) is 1. The van der Waals surface area contributed by atoms with Crippen LogP contribution in [-0.4, -0.2) is 11.1 Å². The molecule has 96 valence electrons. The van der Waals surface area contributed by atoms with Gasteiger partial charge < -0.3 is 10.5 Å². The van der Waals surface area contributed by atoms with E-state index in [1.165, 1.54) is 31.2 Å². The summed E-state index contributed by atoms with van der Waals surface area (Å²) in [5.74, 6) is 1.56. The van der Waals surface area contributed by atoms with E-state index in [2.05, 4.69) is 30.3 Å². The summed E-state index contributed by atoms with van der Waals surface area (Å²) in [6.45, 7) is 0.746. The minimum atomic E-state index is 0.108. The van der Waals surface area contributed by atoms with Gasteiger partial charge in [-0.25, -0.2) is 0 Å². The second kappa shape index (κ2) is 3.58. The molecule has 18 heavy (non-hydrogen) atoms. The summed E-state index contributed by atoms with van der Waals surface area (Å²) in [6, 6.07) is 10.5. The molecule has 4 aliphatic rings. The van der Waals surface area contributed by atoms with Gasteiger partial charge in [-0.3, -0.25) is 0 Å². The minimum absolute atomic E-state index is 0.108. The quantitative estimate of drug-likeness (QED) is 0.886. The molecule has 4 saturated carbocycles. The molecule has 4 bridgehead atoms. The van der Waals surface area contributed by atoms with Crippen LogP contribution in [-0.2, 0) is 11.3 Å². The first-order chi connectivity index (χ1) is 8.68. The van der Waals surface area contributed by atoms with Crippen LogP contribution in [0.1, 0.15) is 37.7 Å². The first-order valence-corrected chi connectivity index (χ1v) is 7.14. The standard InChI is InChI=1S/C16H21NO/c17-16-8-13-6-14(16)9-15(7-13,11-16)18-10-12-4-2-1-3-5-12/h1-5,13-14H,6-11,17H2. The average Bonchev–Trinajstić information content (AvgIpc) is 2.69. The molecule has 0 spiro atoms. The molecule has 0 saturated heterocycles. The molecule has 4 fully saturated rings. The van der Waals surface area contributed by atoms with Crippen molar-refractivity contribution in [3.8, 4) is 0 Å². The van der Waals surface area contributed by atoms with Crippen LogP contribution in [0, 0.1) is 11.8 Å². The Hall–Kier alpha value is -0.860. The van der Waals surface area contributed by atoms with Gasteiger partial charge in [0.25, 0.3) is 0 Å². The third-order valence-electron chi connectivity index (χ3n) is 5.42. The van der Waals surface area contributed by atoms with Crippen molar-refractivity contribution in [2.75, 3.05) is 0 Å².